The van der Waals surface area contributed by atoms with E-state index in [1.165, 1.54) is 0 Å². The lowest BCUT2D eigenvalue weighted by Gasteiger charge is -2.16. The summed E-state index contributed by atoms with van der Waals surface area (Å²) in [6, 6.07) is 0.298. The first-order valence-corrected chi connectivity index (χ1v) is 5.14. The summed E-state index contributed by atoms with van der Waals surface area (Å²) >= 11 is 0. The Morgan fingerprint density at radius 2 is 1.93 bits per heavy atom. The zero-order chi connectivity index (χ0) is 11.4. The third-order valence-corrected chi connectivity index (χ3v) is 2.37. The summed E-state index contributed by atoms with van der Waals surface area (Å²) in [7, 11) is 0. The van der Waals surface area contributed by atoms with Crippen molar-refractivity contribution in [3.63, 3.8) is 0 Å². The maximum Gasteiger partial charge on any atom is 0.236 e. The number of nitrogens with one attached hydrogen (secondary N) is 1. The first kappa shape index (κ1) is 11.7. The summed E-state index contributed by atoms with van der Waals surface area (Å²) in [5.74, 6) is -0.0183. The molecule has 0 fully saturated rings. The van der Waals surface area contributed by atoms with Crippen LogP contribution in [0.3, 0.4) is 0 Å². The number of nitrogens with two attached hydrogens (primary N) is 1. The fourth-order valence-corrected chi connectivity index (χ4v) is 1.30. The van der Waals surface area contributed by atoms with Gasteiger partial charge >= 0.3 is 0 Å². The number of hydrogen-bond donors (Lipinski definition) is 2. The molecule has 0 saturated heterocycles. The van der Waals surface area contributed by atoms with Gasteiger partial charge in [0.2, 0.25) is 5.95 Å². The van der Waals surface area contributed by atoms with Gasteiger partial charge in [0.15, 0.2) is 11.6 Å². The van der Waals surface area contributed by atoms with Gasteiger partial charge in [-0.1, -0.05) is 13.8 Å². The molecule has 0 spiro atoms. The van der Waals surface area contributed by atoms with Gasteiger partial charge in [0, 0.05) is 6.04 Å². The quantitative estimate of drug-likeness (QED) is 0.802. The van der Waals surface area contributed by atoms with Crippen LogP contribution in [0.5, 0.6) is 0 Å². The fourth-order valence-electron chi connectivity index (χ4n) is 1.30. The molecule has 0 atom stereocenters. The van der Waals surface area contributed by atoms with Gasteiger partial charge in [0.1, 0.15) is 0 Å². The minimum atomic E-state index is -0.609. The summed E-state index contributed by atoms with van der Waals surface area (Å²) in [5.41, 5.74) is 5.83. The van der Waals surface area contributed by atoms with Gasteiger partial charge in [-0.15, -0.1) is 0 Å². The molecule has 1 aromatic heterocycles. The third-order valence-electron chi connectivity index (χ3n) is 2.37. The lowest BCUT2D eigenvalue weighted by atomic mass is 10.2. The summed E-state index contributed by atoms with van der Waals surface area (Å²) < 4.78 is 13.0. The van der Waals surface area contributed by atoms with E-state index in [-0.39, 0.29) is 11.5 Å². The first-order chi connectivity index (χ1) is 7.08. The van der Waals surface area contributed by atoms with Gasteiger partial charge in [-0.3, -0.25) is 0 Å². The summed E-state index contributed by atoms with van der Waals surface area (Å²) in [6.07, 6.45) is 1.93. The second-order valence-corrected chi connectivity index (χ2v) is 3.49. The Kier molecular flexibility index (Phi) is 3.82. The number of hydrogen-bond acceptors (Lipinski definition) is 4. The minimum Gasteiger partial charge on any atom is -0.381 e. The molecule has 5 heteroatoms. The second kappa shape index (κ2) is 4.91. The van der Waals surface area contributed by atoms with Crippen LogP contribution in [-0.4, -0.2) is 16.0 Å². The van der Waals surface area contributed by atoms with Crippen LogP contribution >= 0.6 is 0 Å². The van der Waals surface area contributed by atoms with Crippen LogP contribution < -0.4 is 11.1 Å². The highest BCUT2D eigenvalue weighted by Gasteiger charge is 2.11. The Morgan fingerprint density at radius 3 is 2.47 bits per heavy atom. The van der Waals surface area contributed by atoms with Crippen LogP contribution in [0.1, 0.15) is 32.4 Å². The summed E-state index contributed by atoms with van der Waals surface area (Å²) in [6.45, 7) is 5.71. The lowest BCUT2D eigenvalue weighted by molar-refractivity contribution is 0.566. The smallest absolute Gasteiger partial charge is 0.236 e. The Bertz CT molecular complexity index is 336. The molecule has 3 N–H and O–H groups in total. The maximum atomic E-state index is 13.0. The van der Waals surface area contributed by atoms with Crippen LogP contribution in [0.2, 0.25) is 0 Å². The van der Waals surface area contributed by atoms with Gasteiger partial charge in [0.25, 0.3) is 0 Å². The first-order valence-electron chi connectivity index (χ1n) is 5.14. The molecule has 15 heavy (non-hydrogen) atoms. The van der Waals surface area contributed by atoms with Crippen molar-refractivity contribution in [2.24, 2.45) is 0 Å². The lowest BCUT2D eigenvalue weighted by Crippen LogP contribution is -2.20. The number of nitrogen functional groups attached to an aromatic ring is 1. The molecule has 0 aromatic carbocycles. The number of nitrogens with zero attached hydrogens (tertiary/aromatic N) is 2. The van der Waals surface area contributed by atoms with E-state index in [1.54, 1.807) is 6.92 Å². The van der Waals surface area contributed by atoms with Crippen molar-refractivity contribution < 1.29 is 4.39 Å². The zero-order valence-corrected chi connectivity index (χ0v) is 9.34. The SMILES string of the molecule is CCC(CC)Nc1nc(C)c(F)nc1N. The van der Waals surface area contributed by atoms with Crippen LogP contribution in [0.15, 0.2) is 0 Å². The van der Waals surface area contributed by atoms with E-state index in [4.69, 9.17) is 5.73 Å². The van der Waals surface area contributed by atoms with Crippen LogP contribution in [0.25, 0.3) is 0 Å². The van der Waals surface area contributed by atoms with E-state index >= 15 is 0 Å². The molecule has 0 unspecified atom stereocenters. The third kappa shape index (κ3) is 2.78. The highest BCUT2D eigenvalue weighted by molar-refractivity contribution is 5.56. The minimum absolute atomic E-state index is 0.116. The van der Waals surface area contributed by atoms with Crippen molar-refractivity contribution in [2.75, 3.05) is 11.1 Å². The largest absolute Gasteiger partial charge is 0.381 e. The predicted molar refractivity (Wildman–Crippen MR) is 59.1 cm³/mol. The molecule has 1 aromatic rings. The number of halogens is 1. The number of aromatic nitrogens is 2. The normalized spacial score (nSPS) is 10.7. The Hall–Kier alpha value is -1.39. The average molecular weight is 212 g/mol. The topological polar surface area (TPSA) is 63.8 Å². The van der Waals surface area contributed by atoms with Gasteiger partial charge in [-0.25, -0.2) is 4.98 Å². The molecule has 1 heterocycles. The van der Waals surface area contributed by atoms with E-state index in [1.807, 2.05) is 0 Å². The van der Waals surface area contributed by atoms with Crippen molar-refractivity contribution >= 4 is 11.6 Å². The highest BCUT2D eigenvalue weighted by Crippen LogP contribution is 2.17. The molecular weight excluding hydrogens is 195 g/mol. The van der Waals surface area contributed by atoms with Crippen LogP contribution in [0.4, 0.5) is 16.0 Å². The number of rotatable bonds is 4. The van der Waals surface area contributed by atoms with E-state index in [0.29, 0.717) is 11.9 Å². The molecule has 0 aliphatic carbocycles. The van der Waals surface area contributed by atoms with Crippen LogP contribution in [-0.2, 0) is 0 Å². The molecule has 0 aliphatic rings. The second-order valence-electron chi connectivity index (χ2n) is 3.49. The van der Waals surface area contributed by atoms with Gasteiger partial charge in [0.05, 0.1) is 5.69 Å². The molecule has 0 amide bonds. The molecule has 0 bridgehead atoms. The molecular formula is C10H17FN4. The van der Waals surface area contributed by atoms with Crippen molar-refractivity contribution in [2.45, 2.75) is 39.7 Å². The standard InChI is InChI=1S/C10H17FN4/c1-4-7(5-2)14-10-9(12)15-8(11)6(3)13-10/h7H,4-5H2,1-3H3,(H2,12,15)(H,13,14). The Morgan fingerprint density at radius 1 is 1.33 bits per heavy atom. The van der Waals surface area contributed by atoms with E-state index in [0.717, 1.165) is 12.8 Å². The van der Waals surface area contributed by atoms with Gasteiger partial charge in [-0.2, -0.15) is 9.37 Å². The van der Waals surface area contributed by atoms with Gasteiger partial charge in [-0.05, 0) is 19.8 Å². The Labute approximate surface area is 89.1 Å². The fraction of sp³-hybridized carbons (Fsp3) is 0.600. The molecule has 4 nitrogen and oxygen atoms in total. The maximum absolute atomic E-state index is 13.0. The van der Waals surface area contributed by atoms with E-state index in [2.05, 4.69) is 29.1 Å². The van der Waals surface area contributed by atoms with Crippen molar-refractivity contribution in [1.82, 2.24) is 9.97 Å². The monoisotopic (exact) mass is 212 g/mol. The van der Waals surface area contributed by atoms with E-state index in [9.17, 15) is 4.39 Å². The zero-order valence-electron chi connectivity index (χ0n) is 9.34. The van der Waals surface area contributed by atoms with Crippen molar-refractivity contribution in [1.29, 1.82) is 0 Å². The summed E-state index contributed by atoms with van der Waals surface area (Å²) in [5, 5.41) is 3.15. The number of anilines is 2. The molecule has 0 aliphatic heterocycles. The molecule has 0 saturated carbocycles. The van der Waals surface area contributed by atoms with Crippen molar-refractivity contribution in [3.05, 3.63) is 11.6 Å². The average Bonchev–Trinajstić information content (AvgIpc) is 2.21. The highest BCUT2D eigenvalue weighted by atomic mass is 19.1. The molecule has 1 rings (SSSR count). The van der Waals surface area contributed by atoms with E-state index < -0.39 is 5.95 Å². The molecule has 0 radical (unpaired) electrons. The number of aryl methyl sites for hydroxylation is 1. The van der Waals surface area contributed by atoms with Crippen LogP contribution in [0, 0.1) is 12.9 Å². The summed E-state index contributed by atoms with van der Waals surface area (Å²) in [4.78, 5) is 7.62. The van der Waals surface area contributed by atoms with Gasteiger partial charge < -0.3 is 11.1 Å². The predicted octanol–water partition coefficient (Wildman–Crippen LogP) is 2.11. The molecule has 84 valence electrons. The Balaban J connectivity index is 2.89. The van der Waals surface area contributed by atoms with Crippen molar-refractivity contribution in [3.8, 4) is 0 Å².